The molecule has 0 aromatic heterocycles. The fraction of sp³-hybridized carbons (Fsp3) is 0.375. The highest BCUT2D eigenvalue weighted by Gasteiger charge is 2.33. The molecule has 1 aliphatic rings. The Morgan fingerprint density at radius 2 is 1.75 bits per heavy atom. The maximum atomic E-state index is 12.1. The number of amides is 1. The van der Waals surface area contributed by atoms with Gasteiger partial charge in [0.15, 0.2) is 0 Å². The summed E-state index contributed by atoms with van der Waals surface area (Å²) in [5.41, 5.74) is 1.16. The second-order valence-corrected chi connectivity index (χ2v) is 5.02. The third-order valence-corrected chi connectivity index (χ3v) is 3.64. The topological polar surface area (TPSA) is 66.4 Å². The van der Waals surface area contributed by atoms with Crippen LogP contribution in [0.2, 0.25) is 0 Å². The number of allylic oxidation sites excluding steroid dienone is 2. The Morgan fingerprint density at radius 3 is 2.40 bits per heavy atom. The van der Waals surface area contributed by atoms with E-state index in [0.717, 1.165) is 12.0 Å². The lowest BCUT2D eigenvalue weighted by Gasteiger charge is -2.24. The molecule has 0 unspecified atom stereocenters. The van der Waals surface area contributed by atoms with Crippen LogP contribution in [-0.4, -0.2) is 23.5 Å². The van der Waals surface area contributed by atoms with E-state index < -0.39 is 17.8 Å². The highest BCUT2D eigenvalue weighted by Crippen LogP contribution is 2.25. The first-order valence-electron chi connectivity index (χ1n) is 6.88. The van der Waals surface area contributed by atoms with Crippen LogP contribution in [-0.2, 0) is 16.0 Å². The lowest BCUT2D eigenvalue weighted by molar-refractivity contribution is -0.147. The van der Waals surface area contributed by atoms with E-state index in [1.54, 1.807) is 0 Å². The maximum Gasteiger partial charge on any atom is 0.307 e. The average Bonchev–Trinajstić information content (AvgIpc) is 2.48. The molecule has 1 amide bonds. The predicted molar refractivity (Wildman–Crippen MR) is 76.1 cm³/mol. The smallest absolute Gasteiger partial charge is 0.307 e. The summed E-state index contributed by atoms with van der Waals surface area (Å²) in [5.74, 6) is -2.10. The van der Waals surface area contributed by atoms with Gasteiger partial charge in [0.05, 0.1) is 11.8 Å². The van der Waals surface area contributed by atoms with Gasteiger partial charge >= 0.3 is 5.97 Å². The van der Waals surface area contributed by atoms with Crippen LogP contribution in [0, 0.1) is 11.8 Å². The molecule has 4 nitrogen and oxygen atoms in total. The molecule has 4 heteroatoms. The molecule has 106 valence electrons. The molecule has 2 atom stereocenters. The van der Waals surface area contributed by atoms with E-state index in [-0.39, 0.29) is 5.91 Å². The number of nitrogens with one attached hydrogen (secondary N) is 1. The summed E-state index contributed by atoms with van der Waals surface area (Å²) < 4.78 is 0. The highest BCUT2D eigenvalue weighted by atomic mass is 16.4. The molecule has 0 aliphatic heterocycles. The first-order chi connectivity index (χ1) is 9.68. The second kappa shape index (κ2) is 6.89. The van der Waals surface area contributed by atoms with E-state index in [1.807, 2.05) is 42.5 Å². The normalized spacial score (nSPS) is 21.4. The fourth-order valence-electron chi connectivity index (χ4n) is 2.48. The molecule has 0 fully saturated rings. The number of carboxylic acid groups (broad SMARTS) is 1. The number of carbonyl (C=O) groups excluding carboxylic acids is 1. The van der Waals surface area contributed by atoms with Crippen LogP contribution < -0.4 is 5.32 Å². The molecule has 1 aromatic rings. The predicted octanol–water partition coefficient (Wildman–Crippen LogP) is 2.01. The fourth-order valence-corrected chi connectivity index (χ4v) is 2.48. The van der Waals surface area contributed by atoms with Crippen molar-refractivity contribution in [1.29, 1.82) is 0 Å². The van der Waals surface area contributed by atoms with Gasteiger partial charge in [0.25, 0.3) is 0 Å². The second-order valence-electron chi connectivity index (χ2n) is 5.02. The minimum absolute atomic E-state index is 0.155. The van der Waals surface area contributed by atoms with Crippen molar-refractivity contribution in [2.24, 2.45) is 11.8 Å². The van der Waals surface area contributed by atoms with E-state index in [9.17, 15) is 9.59 Å². The zero-order chi connectivity index (χ0) is 14.4. The Hall–Kier alpha value is -2.10. The monoisotopic (exact) mass is 273 g/mol. The summed E-state index contributed by atoms with van der Waals surface area (Å²) in [6.45, 7) is 0.537. The Morgan fingerprint density at radius 1 is 1.10 bits per heavy atom. The largest absolute Gasteiger partial charge is 0.481 e. The minimum atomic E-state index is -0.891. The quantitative estimate of drug-likeness (QED) is 0.806. The van der Waals surface area contributed by atoms with Gasteiger partial charge in [-0.1, -0.05) is 42.5 Å². The maximum absolute atomic E-state index is 12.1. The molecule has 0 spiro atoms. The lowest BCUT2D eigenvalue weighted by atomic mass is 9.82. The number of hydrogen-bond acceptors (Lipinski definition) is 2. The average molecular weight is 273 g/mol. The molecule has 2 N–H and O–H groups in total. The van der Waals surface area contributed by atoms with Gasteiger partial charge in [0.1, 0.15) is 0 Å². The van der Waals surface area contributed by atoms with Crippen LogP contribution in [0.4, 0.5) is 0 Å². The summed E-state index contributed by atoms with van der Waals surface area (Å²) in [4.78, 5) is 23.2. The van der Waals surface area contributed by atoms with Crippen molar-refractivity contribution in [2.75, 3.05) is 6.54 Å². The zero-order valence-electron chi connectivity index (χ0n) is 11.3. The van der Waals surface area contributed by atoms with Gasteiger partial charge in [-0.2, -0.15) is 0 Å². The van der Waals surface area contributed by atoms with E-state index >= 15 is 0 Å². The summed E-state index contributed by atoms with van der Waals surface area (Å²) in [6, 6.07) is 9.89. The number of benzene rings is 1. The SMILES string of the molecule is O=C(NCCc1ccccc1)[C@H]1CC=CC[C@H]1C(=O)O. The lowest BCUT2D eigenvalue weighted by Crippen LogP contribution is -2.39. The number of rotatable bonds is 5. The van der Waals surface area contributed by atoms with Crippen molar-refractivity contribution in [3.05, 3.63) is 48.0 Å². The molecule has 1 aromatic carbocycles. The summed E-state index contributed by atoms with van der Waals surface area (Å²) in [7, 11) is 0. The Kier molecular flexibility index (Phi) is 4.93. The van der Waals surface area contributed by atoms with Crippen molar-refractivity contribution in [2.45, 2.75) is 19.3 Å². The number of carbonyl (C=O) groups is 2. The van der Waals surface area contributed by atoms with Crippen molar-refractivity contribution in [3.63, 3.8) is 0 Å². The Bertz CT molecular complexity index is 496. The van der Waals surface area contributed by atoms with Gasteiger partial charge in [-0.15, -0.1) is 0 Å². The van der Waals surface area contributed by atoms with Gasteiger partial charge in [-0.3, -0.25) is 9.59 Å². The van der Waals surface area contributed by atoms with Gasteiger partial charge in [-0.25, -0.2) is 0 Å². The van der Waals surface area contributed by atoms with Crippen molar-refractivity contribution < 1.29 is 14.7 Å². The first-order valence-corrected chi connectivity index (χ1v) is 6.88. The standard InChI is InChI=1S/C16H19NO3/c18-15(13-8-4-5-9-14(13)16(19)20)17-11-10-12-6-2-1-3-7-12/h1-7,13-14H,8-11H2,(H,17,18)(H,19,20)/t13-,14+/m0/s1. The van der Waals surface area contributed by atoms with Crippen molar-refractivity contribution in [1.82, 2.24) is 5.32 Å². The number of aliphatic carboxylic acids is 1. The summed E-state index contributed by atoms with van der Waals surface area (Å²) in [5, 5.41) is 12.0. The van der Waals surface area contributed by atoms with Crippen LogP contribution in [0.1, 0.15) is 18.4 Å². The molecule has 2 rings (SSSR count). The van der Waals surface area contributed by atoms with Crippen LogP contribution in [0.5, 0.6) is 0 Å². The zero-order valence-corrected chi connectivity index (χ0v) is 11.3. The van der Waals surface area contributed by atoms with E-state index in [2.05, 4.69) is 5.32 Å². The highest BCUT2D eigenvalue weighted by molar-refractivity contribution is 5.85. The first kappa shape index (κ1) is 14.3. The molecule has 20 heavy (non-hydrogen) atoms. The van der Waals surface area contributed by atoms with Crippen LogP contribution in [0.25, 0.3) is 0 Å². The Balaban J connectivity index is 1.85. The van der Waals surface area contributed by atoms with E-state index in [4.69, 9.17) is 5.11 Å². The molecular formula is C16H19NO3. The molecule has 1 aliphatic carbocycles. The van der Waals surface area contributed by atoms with Crippen LogP contribution in [0.3, 0.4) is 0 Å². The third kappa shape index (κ3) is 3.70. The van der Waals surface area contributed by atoms with Gasteiger partial charge < -0.3 is 10.4 Å². The number of hydrogen-bond donors (Lipinski definition) is 2. The third-order valence-electron chi connectivity index (χ3n) is 3.64. The molecule has 0 heterocycles. The summed E-state index contributed by atoms with van der Waals surface area (Å²) in [6.07, 6.45) is 5.43. The van der Waals surface area contributed by atoms with Gasteiger partial charge in [0, 0.05) is 6.54 Å². The number of carboxylic acids is 1. The van der Waals surface area contributed by atoms with Crippen LogP contribution >= 0.6 is 0 Å². The Labute approximate surface area is 118 Å². The molecule has 0 bridgehead atoms. The minimum Gasteiger partial charge on any atom is -0.481 e. The summed E-state index contributed by atoms with van der Waals surface area (Å²) >= 11 is 0. The van der Waals surface area contributed by atoms with E-state index in [0.29, 0.717) is 19.4 Å². The molecular weight excluding hydrogens is 254 g/mol. The molecule has 0 radical (unpaired) electrons. The van der Waals surface area contributed by atoms with E-state index in [1.165, 1.54) is 0 Å². The van der Waals surface area contributed by atoms with Crippen molar-refractivity contribution >= 4 is 11.9 Å². The van der Waals surface area contributed by atoms with Gasteiger partial charge in [-0.05, 0) is 24.8 Å². The molecule has 0 saturated heterocycles. The molecule has 0 saturated carbocycles. The van der Waals surface area contributed by atoms with Gasteiger partial charge in [0.2, 0.25) is 5.91 Å². The van der Waals surface area contributed by atoms with Crippen LogP contribution in [0.15, 0.2) is 42.5 Å². The van der Waals surface area contributed by atoms with Crippen molar-refractivity contribution in [3.8, 4) is 0 Å².